The van der Waals surface area contributed by atoms with Crippen molar-refractivity contribution in [3.8, 4) is 0 Å². The number of aliphatic carboxylic acids is 2. The zero-order chi connectivity index (χ0) is 19.5. The molecule has 0 bridgehead atoms. The number of benzene rings is 1. The first-order chi connectivity index (χ1) is 12.3. The number of nitrogens with one attached hydrogen (secondary N) is 2. The molecule has 0 aliphatic carbocycles. The van der Waals surface area contributed by atoms with E-state index in [4.69, 9.17) is 16.6 Å². The maximum Gasteiger partial charge on any atom is 0.326 e. The van der Waals surface area contributed by atoms with E-state index in [0.29, 0.717) is 6.42 Å². The number of nitrogens with zero attached hydrogens (tertiary/aromatic N) is 1. The van der Waals surface area contributed by atoms with Crippen LogP contribution < -0.4 is 22.1 Å². The highest BCUT2D eigenvalue weighted by Crippen LogP contribution is 2.04. The quantitative estimate of drug-likeness (QED) is 0.183. The van der Waals surface area contributed by atoms with Crippen molar-refractivity contribution in [1.82, 2.24) is 10.6 Å². The molecule has 142 valence electrons. The first-order valence-corrected chi connectivity index (χ1v) is 7.91. The van der Waals surface area contributed by atoms with E-state index in [-0.39, 0.29) is 25.3 Å². The summed E-state index contributed by atoms with van der Waals surface area (Å²) in [7, 11) is 0. The molecule has 0 radical (unpaired) electrons. The zero-order valence-corrected chi connectivity index (χ0v) is 14.1. The van der Waals surface area contributed by atoms with Gasteiger partial charge >= 0.3 is 18.0 Å². The van der Waals surface area contributed by atoms with E-state index < -0.39 is 30.1 Å². The molecule has 0 aliphatic rings. The zero-order valence-electron chi connectivity index (χ0n) is 14.1. The van der Waals surface area contributed by atoms with Gasteiger partial charge in [0, 0.05) is 13.0 Å². The van der Waals surface area contributed by atoms with E-state index in [9.17, 15) is 19.5 Å². The molecule has 0 spiro atoms. The van der Waals surface area contributed by atoms with Crippen LogP contribution in [0, 0.1) is 0 Å². The summed E-state index contributed by atoms with van der Waals surface area (Å²) in [6.07, 6.45) is 0.503. The average molecular weight is 365 g/mol. The Bertz CT molecular complexity index is 646. The minimum Gasteiger partial charge on any atom is -0.480 e. The molecule has 1 aromatic rings. The minimum atomic E-state index is -1.24. The molecule has 0 saturated carbocycles. The summed E-state index contributed by atoms with van der Waals surface area (Å²) in [5, 5.41) is 23.0. The lowest BCUT2D eigenvalue weighted by atomic mass is 10.1. The molecule has 2 atom stereocenters. The molecule has 0 fully saturated rings. The molecule has 1 rings (SSSR count). The van der Waals surface area contributed by atoms with Gasteiger partial charge in [-0.2, -0.15) is 0 Å². The predicted octanol–water partition coefficient (Wildman–Crippen LogP) is -0.512. The topological polar surface area (TPSA) is 180 Å². The van der Waals surface area contributed by atoms with Crippen LogP contribution in [0.25, 0.3) is 0 Å². The molecule has 1 aromatic carbocycles. The highest BCUT2D eigenvalue weighted by atomic mass is 16.4. The third kappa shape index (κ3) is 7.99. The van der Waals surface area contributed by atoms with Gasteiger partial charge in [-0.15, -0.1) is 0 Å². The number of guanidine groups is 1. The van der Waals surface area contributed by atoms with Crippen LogP contribution in [0.3, 0.4) is 0 Å². The van der Waals surface area contributed by atoms with Gasteiger partial charge in [-0.3, -0.25) is 4.99 Å². The molecule has 0 aromatic heterocycles. The largest absolute Gasteiger partial charge is 0.480 e. The van der Waals surface area contributed by atoms with Crippen LogP contribution in [-0.2, 0) is 16.0 Å². The Hall–Kier alpha value is -3.30. The fourth-order valence-electron chi connectivity index (χ4n) is 2.17. The number of carbonyl (C=O) groups excluding carboxylic acids is 1. The molecule has 10 nitrogen and oxygen atoms in total. The maximum atomic E-state index is 12.0. The Balaban J connectivity index is 2.59. The number of amides is 2. The van der Waals surface area contributed by atoms with E-state index >= 15 is 0 Å². The number of nitrogens with two attached hydrogens (primary N) is 2. The number of carboxylic acid groups (broad SMARTS) is 2. The lowest BCUT2D eigenvalue weighted by molar-refractivity contribution is -0.139. The van der Waals surface area contributed by atoms with Crippen LogP contribution in [0.1, 0.15) is 18.4 Å². The Kier molecular flexibility index (Phi) is 8.41. The van der Waals surface area contributed by atoms with Gasteiger partial charge in [-0.1, -0.05) is 30.3 Å². The van der Waals surface area contributed by atoms with Crippen molar-refractivity contribution in [2.24, 2.45) is 16.5 Å². The van der Waals surface area contributed by atoms with E-state index in [2.05, 4.69) is 15.6 Å². The maximum absolute atomic E-state index is 12.0. The molecule has 1 unspecified atom stereocenters. The summed E-state index contributed by atoms with van der Waals surface area (Å²) >= 11 is 0. The normalized spacial score (nSPS) is 12.5. The molecule has 8 N–H and O–H groups in total. The number of rotatable bonds is 10. The number of carboxylic acids is 2. The Labute approximate surface area is 150 Å². The molecule has 0 saturated heterocycles. The van der Waals surface area contributed by atoms with Crippen molar-refractivity contribution < 1.29 is 24.6 Å². The summed E-state index contributed by atoms with van der Waals surface area (Å²) in [6, 6.07) is 5.53. The average Bonchev–Trinajstić information content (AvgIpc) is 2.57. The van der Waals surface area contributed by atoms with E-state index in [1.807, 2.05) is 0 Å². The van der Waals surface area contributed by atoms with Crippen LogP contribution in [-0.4, -0.2) is 52.8 Å². The Morgan fingerprint density at radius 2 is 1.58 bits per heavy atom. The lowest BCUT2D eigenvalue weighted by Crippen LogP contribution is -2.51. The van der Waals surface area contributed by atoms with Gasteiger partial charge < -0.3 is 32.3 Å². The number of urea groups is 1. The smallest absolute Gasteiger partial charge is 0.326 e. The number of hydrogen-bond donors (Lipinski definition) is 6. The van der Waals surface area contributed by atoms with Crippen molar-refractivity contribution in [1.29, 1.82) is 0 Å². The van der Waals surface area contributed by atoms with Crippen molar-refractivity contribution in [3.05, 3.63) is 35.9 Å². The van der Waals surface area contributed by atoms with Crippen LogP contribution >= 0.6 is 0 Å². The second-order valence-corrected chi connectivity index (χ2v) is 5.54. The molecule has 0 aliphatic heterocycles. The van der Waals surface area contributed by atoms with E-state index in [1.165, 1.54) is 0 Å². The number of aliphatic imine (C=N–C) groups is 1. The van der Waals surface area contributed by atoms with Gasteiger partial charge in [-0.05, 0) is 18.4 Å². The van der Waals surface area contributed by atoms with Crippen LogP contribution in [0.4, 0.5) is 4.79 Å². The molecule has 0 heterocycles. The second kappa shape index (κ2) is 10.5. The molecular weight excluding hydrogens is 342 g/mol. The lowest BCUT2D eigenvalue weighted by Gasteiger charge is -2.18. The van der Waals surface area contributed by atoms with Gasteiger partial charge in [0.1, 0.15) is 12.1 Å². The predicted molar refractivity (Wildman–Crippen MR) is 94.6 cm³/mol. The summed E-state index contributed by atoms with van der Waals surface area (Å²) in [5.41, 5.74) is 11.1. The van der Waals surface area contributed by atoms with E-state index in [0.717, 1.165) is 5.56 Å². The van der Waals surface area contributed by atoms with Crippen molar-refractivity contribution in [2.75, 3.05) is 6.54 Å². The van der Waals surface area contributed by atoms with E-state index in [1.54, 1.807) is 30.3 Å². The molecule has 26 heavy (non-hydrogen) atoms. The minimum absolute atomic E-state index is 0.0752. The van der Waals surface area contributed by atoms with Crippen molar-refractivity contribution in [3.63, 3.8) is 0 Å². The third-order valence-corrected chi connectivity index (χ3v) is 3.43. The van der Waals surface area contributed by atoms with Gasteiger partial charge in [0.15, 0.2) is 5.96 Å². The number of hydrogen-bond acceptors (Lipinski definition) is 4. The standard InChI is InChI=1S/C16H23N5O5/c17-15(18)19-8-4-7-11(13(22)23)20-16(26)21-12(14(24)25)9-10-5-2-1-3-6-10/h1-3,5-6,11-12H,4,7-9H2,(H,22,23)(H,24,25)(H4,17,18,19)(H2,20,21,26)/t11?,12-/m0/s1. The van der Waals surface area contributed by atoms with Gasteiger partial charge in [-0.25, -0.2) is 14.4 Å². The molecular formula is C16H23N5O5. The summed E-state index contributed by atoms with van der Waals surface area (Å²) < 4.78 is 0. The monoisotopic (exact) mass is 365 g/mol. The Morgan fingerprint density at radius 1 is 1.00 bits per heavy atom. The van der Waals surface area contributed by atoms with Crippen molar-refractivity contribution >= 4 is 23.9 Å². The second-order valence-electron chi connectivity index (χ2n) is 5.54. The van der Waals surface area contributed by atoms with Crippen LogP contribution in [0.15, 0.2) is 35.3 Å². The van der Waals surface area contributed by atoms with Gasteiger partial charge in [0.25, 0.3) is 0 Å². The fourth-order valence-corrected chi connectivity index (χ4v) is 2.17. The Morgan fingerprint density at radius 3 is 2.12 bits per heavy atom. The highest BCUT2D eigenvalue weighted by molar-refractivity contribution is 5.86. The van der Waals surface area contributed by atoms with Crippen molar-refractivity contribution in [2.45, 2.75) is 31.3 Å². The summed E-state index contributed by atoms with van der Waals surface area (Å²) in [4.78, 5) is 38.3. The summed E-state index contributed by atoms with van der Waals surface area (Å²) in [6.45, 7) is 0.223. The van der Waals surface area contributed by atoms with Crippen LogP contribution in [0.5, 0.6) is 0 Å². The third-order valence-electron chi connectivity index (χ3n) is 3.43. The SMILES string of the molecule is NC(N)=NCCCC(NC(=O)N[C@@H](Cc1ccccc1)C(=O)O)C(=O)O. The van der Waals surface area contributed by atoms with Gasteiger partial charge in [0.2, 0.25) is 0 Å². The van der Waals surface area contributed by atoms with Gasteiger partial charge in [0.05, 0.1) is 0 Å². The number of carbonyl (C=O) groups is 3. The first kappa shape index (κ1) is 20.7. The fraction of sp³-hybridized carbons (Fsp3) is 0.375. The first-order valence-electron chi connectivity index (χ1n) is 7.91. The molecule has 2 amide bonds. The molecule has 10 heteroatoms. The van der Waals surface area contributed by atoms with Crippen LogP contribution in [0.2, 0.25) is 0 Å². The highest BCUT2D eigenvalue weighted by Gasteiger charge is 2.24. The summed E-state index contributed by atoms with van der Waals surface area (Å²) in [5.74, 6) is -2.56.